The molecule has 0 radical (unpaired) electrons. The Morgan fingerprint density at radius 1 is 1.12 bits per heavy atom. The molecule has 1 aromatic heterocycles. The lowest BCUT2D eigenvalue weighted by Crippen LogP contribution is -2.10. The largest absolute Gasteiger partial charge is 0.497 e. The van der Waals surface area contributed by atoms with Gasteiger partial charge >= 0.3 is 0 Å². The molecule has 0 bridgehead atoms. The number of thiazole rings is 1. The van der Waals surface area contributed by atoms with Crippen LogP contribution in [0.15, 0.2) is 24.3 Å². The topological polar surface area (TPSA) is 48.4 Å². The standard InChI is InChI=1S/C19H23NO3S/c1-12-17(24-18(20-12)19(2,3)4)16(21)8-7-13-9-14(22-5)11-15(10-13)23-6/h7-11H,1-6H3/b8-7+. The molecule has 2 rings (SSSR count). The lowest BCUT2D eigenvalue weighted by molar-refractivity contribution is 0.105. The fourth-order valence-electron chi connectivity index (χ4n) is 2.12. The minimum absolute atomic E-state index is 0.0395. The van der Waals surface area contributed by atoms with Gasteiger partial charge < -0.3 is 9.47 Å². The van der Waals surface area contributed by atoms with Crippen molar-refractivity contribution < 1.29 is 14.3 Å². The Kier molecular flexibility index (Phi) is 5.44. The molecule has 128 valence electrons. The number of carbonyl (C=O) groups excluding carboxylic acids is 1. The molecule has 1 aromatic carbocycles. The third-order valence-electron chi connectivity index (χ3n) is 3.46. The summed E-state index contributed by atoms with van der Waals surface area (Å²) in [5.74, 6) is 1.33. The maximum atomic E-state index is 12.5. The Bertz CT molecular complexity index is 747. The van der Waals surface area contributed by atoms with Gasteiger partial charge in [0.05, 0.1) is 29.8 Å². The van der Waals surface area contributed by atoms with E-state index in [-0.39, 0.29) is 11.2 Å². The van der Waals surface area contributed by atoms with E-state index in [4.69, 9.17) is 9.47 Å². The van der Waals surface area contributed by atoms with Crippen LogP contribution in [0.25, 0.3) is 6.08 Å². The van der Waals surface area contributed by atoms with Crippen LogP contribution in [0.2, 0.25) is 0 Å². The van der Waals surface area contributed by atoms with E-state index in [9.17, 15) is 4.79 Å². The number of hydrogen-bond donors (Lipinski definition) is 0. The molecule has 0 saturated carbocycles. The predicted octanol–water partition coefficient (Wildman–Crippen LogP) is 4.66. The number of ketones is 1. The van der Waals surface area contributed by atoms with E-state index in [1.54, 1.807) is 32.4 Å². The Morgan fingerprint density at radius 2 is 1.71 bits per heavy atom. The highest BCUT2D eigenvalue weighted by Crippen LogP contribution is 2.30. The summed E-state index contributed by atoms with van der Waals surface area (Å²) in [7, 11) is 3.20. The number of benzene rings is 1. The minimum atomic E-state index is -0.0577. The predicted molar refractivity (Wildman–Crippen MR) is 98.5 cm³/mol. The summed E-state index contributed by atoms with van der Waals surface area (Å²) in [5.41, 5.74) is 1.57. The van der Waals surface area contributed by atoms with Gasteiger partial charge in [-0.3, -0.25) is 4.79 Å². The normalized spacial score (nSPS) is 11.8. The van der Waals surface area contributed by atoms with Crippen LogP contribution >= 0.6 is 11.3 Å². The van der Waals surface area contributed by atoms with Crippen molar-refractivity contribution in [1.82, 2.24) is 4.98 Å². The fraction of sp³-hybridized carbons (Fsp3) is 0.368. The first-order valence-corrected chi connectivity index (χ1v) is 8.49. The summed E-state index contributed by atoms with van der Waals surface area (Å²) in [5, 5.41) is 0.972. The van der Waals surface area contributed by atoms with Crippen LogP contribution in [-0.4, -0.2) is 25.0 Å². The molecule has 4 nitrogen and oxygen atoms in total. The second kappa shape index (κ2) is 7.18. The highest BCUT2D eigenvalue weighted by molar-refractivity contribution is 7.14. The van der Waals surface area contributed by atoms with Crippen molar-refractivity contribution in [2.24, 2.45) is 0 Å². The van der Waals surface area contributed by atoms with Gasteiger partial charge in [-0.1, -0.05) is 26.8 Å². The van der Waals surface area contributed by atoms with Crippen LogP contribution in [0.1, 0.15) is 46.7 Å². The molecule has 1 heterocycles. The van der Waals surface area contributed by atoms with Crippen LogP contribution in [0.3, 0.4) is 0 Å². The van der Waals surface area contributed by atoms with Crippen molar-refractivity contribution >= 4 is 23.2 Å². The van der Waals surface area contributed by atoms with Crippen molar-refractivity contribution in [1.29, 1.82) is 0 Å². The molecule has 2 aromatic rings. The van der Waals surface area contributed by atoms with E-state index in [1.807, 2.05) is 19.1 Å². The Labute approximate surface area is 147 Å². The van der Waals surface area contributed by atoms with E-state index in [2.05, 4.69) is 25.8 Å². The molecule has 0 N–H and O–H groups in total. The molecule has 0 fully saturated rings. The van der Waals surface area contributed by atoms with Gasteiger partial charge in [0.1, 0.15) is 11.5 Å². The first-order valence-electron chi connectivity index (χ1n) is 7.68. The molecule has 5 heteroatoms. The van der Waals surface area contributed by atoms with Gasteiger partial charge in [0.15, 0.2) is 5.78 Å². The molecule has 0 aliphatic heterocycles. The molecule has 0 amide bonds. The Balaban J connectivity index is 2.27. The SMILES string of the molecule is COc1cc(/C=C/C(=O)c2sc(C(C)(C)C)nc2C)cc(OC)c1. The maximum Gasteiger partial charge on any atom is 0.197 e. The van der Waals surface area contributed by atoms with Gasteiger partial charge in [-0.2, -0.15) is 0 Å². The second-order valence-corrected chi connectivity index (χ2v) is 7.53. The van der Waals surface area contributed by atoms with Gasteiger partial charge in [0.2, 0.25) is 0 Å². The van der Waals surface area contributed by atoms with E-state index < -0.39 is 0 Å². The highest BCUT2D eigenvalue weighted by atomic mass is 32.1. The van der Waals surface area contributed by atoms with E-state index in [0.717, 1.165) is 16.3 Å². The summed E-state index contributed by atoms with van der Waals surface area (Å²) in [4.78, 5) is 17.7. The summed E-state index contributed by atoms with van der Waals surface area (Å²) < 4.78 is 10.5. The van der Waals surface area contributed by atoms with E-state index in [1.165, 1.54) is 11.3 Å². The molecule has 24 heavy (non-hydrogen) atoms. The number of aromatic nitrogens is 1. The molecule has 0 spiro atoms. The van der Waals surface area contributed by atoms with Gasteiger partial charge in [0.25, 0.3) is 0 Å². The quantitative estimate of drug-likeness (QED) is 0.584. The Hall–Kier alpha value is -2.14. The van der Waals surface area contributed by atoms with Crippen molar-refractivity contribution in [3.8, 4) is 11.5 Å². The maximum absolute atomic E-state index is 12.5. The monoisotopic (exact) mass is 345 g/mol. The molecule has 0 aliphatic rings. The minimum Gasteiger partial charge on any atom is -0.497 e. The first kappa shape index (κ1) is 18.2. The summed E-state index contributed by atoms with van der Waals surface area (Å²) in [6.45, 7) is 8.16. The number of ether oxygens (including phenoxy) is 2. The number of allylic oxidation sites excluding steroid dienone is 1. The van der Waals surface area contributed by atoms with Crippen LogP contribution in [0.5, 0.6) is 11.5 Å². The highest BCUT2D eigenvalue weighted by Gasteiger charge is 2.22. The summed E-state index contributed by atoms with van der Waals surface area (Å²) in [6, 6.07) is 5.50. The van der Waals surface area contributed by atoms with Crippen molar-refractivity contribution in [3.63, 3.8) is 0 Å². The first-order chi connectivity index (χ1) is 11.2. The zero-order valence-electron chi connectivity index (χ0n) is 15.0. The van der Waals surface area contributed by atoms with Crippen LogP contribution < -0.4 is 9.47 Å². The molecule has 0 unspecified atom stereocenters. The Morgan fingerprint density at radius 3 is 2.17 bits per heavy atom. The van der Waals surface area contributed by atoms with Gasteiger partial charge in [0, 0.05) is 11.5 Å². The number of hydrogen-bond acceptors (Lipinski definition) is 5. The number of aryl methyl sites for hydroxylation is 1. The number of rotatable bonds is 5. The lowest BCUT2D eigenvalue weighted by atomic mass is 9.98. The van der Waals surface area contributed by atoms with Crippen LogP contribution in [-0.2, 0) is 5.41 Å². The van der Waals surface area contributed by atoms with Gasteiger partial charge in [-0.15, -0.1) is 11.3 Å². The summed E-state index contributed by atoms with van der Waals surface area (Å²) in [6.07, 6.45) is 3.34. The zero-order valence-corrected chi connectivity index (χ0v) is 15.8. The molecule has 0 aliphatic carbocycles. The van der Waals surface area contributed by atoms with Crippen molar-refractivity contribution in [3.05, 3.63) is 45.4 Å². The average molecular weight is 345 g/mol. The van der Waals surface area contributed by atoms with Crippen molar-refractivity contribution in [2.75, 3.05) is 14.2 Å². The molecule has 0 atom stereocenters. The molecular weight excluding hydrogens is 322 g/mol. The van der Waals surface area contributed by atoms with E-state index in [0.29, 0.717) is 16.4 Å². The fourth-order valence-corrected chi connectivity index (χ4v) is 3.16. The van der Waals surface area contributed by atoms with Gasteiger partial charge in [-0.05, 0) is 30.7 Å². The summed E-state index contributed by atoms with van der Waals surface area (Å²) >= 11 is 1.46. The number of nitrogens with zero attached hydrogens (tertiary/aromatic N) is 1. The van der Waals surface area contributed by atoms with Crippen LogP contribution in [0, 0.1) is 6.92 Å². The number of carbonyl (C=O) groups is 1. The zero-order chi connectivity index (χ0) is 17.9. The third-order valence-corrected chi connectivity index (χ3v) is 5.06. The second-order valence-electron chi connectivity index (χ2n) is 6.53. The van der Waals surface area contributed by atoms with Gasteiger partial charge in [-0.25, -0.2) is 4.98 Å². The number of methoxy groups -OCH3 is 2. The van der Waals surface area contributed by atoms with Crippen molar-refractivity contribution in [2.45, 2.75) is 33.1 Å². The van der Waals surface area contributed by atoms with E-state index >= 15 is 0 Å². The third kappa shape index (κ3) is 4.23. The van der Waals surface area contributed by atoms with Crippen LogP contribution in [0.4, 0.5) is 0 Å². The molecule has 0 saturated heterocycles. The smallest absolute Gasteiger partial charge is 0.197 e. The average Bonchev–Trinajstić information content (AvgIpc) is 2.94. The lowest BCUT2D eigenvalue weighted by Gasteiger charge is -2.13. The molecular formula is C19H23NO3S.